The van der Waals surface area contributed by atoms with Crippen LogP contribution in [0.25, 0.3) is 10.4 Å². The summed E-state index contributed by atoms with van der Waals surface area (Å²) in [6.07, 6.45) is 5.14. The van der Waals surface area contributed by atoms with E-state index in [2.05, 4.69) is 47.6 Å². The number of rotatable bonds is 5. The second-order valence-corrected chi connectivity index (χ2v) is 7.75. The van der Waals surface area contributed by atoms with Gasteiger partial charge in [0.2, 0.25) is 0 Å². The van der Waals surface area contributed by atoms with E-state index >= 15 is 0 Å². The molecule has 6 heteroatoms. The number of hydrogen-bond donors (Lipinski definition) is 2. The smallest absolute Gasteiger partial charge is 0.152 e. The molecule has 2 aromatic heterocycles. The van der Waals surface area contributed by atoms with Gasteiger partial charge in [-0.05, 0) is 48.7 Å². The topological polar surface area (TPSA) is 71.5 Å². The van der Waals surface area contributed by atoms with E-state index < -0.39 is 0 Å². The van der Waals surface area contributed by atoms with E-state index in [1.165, 1.54) is 20.9 Å². The van der Waals surface area contributed by atoms with Crippen molar-refractivity contribution in [3.8, 4) is 16.2 Å². The van der Waals surface area contributed by atoms with E-state index in [0.717, 1.165) is 37.8 Å². The average Bonchev–Trinajstić information content (AvgIpc) is 3.19. The SMILES string of the molecule is CO.Cc1ccc(-c2ccc3c(c2)OCCC3CNc2cnccc2C=O)s1. The summed E-state index contributed by atoms with van der Waals surface area (Å²) in [6, 6.07) is 12.5. The fraction of sp³-hybridized carbons (Fsp3) is 0.273. The molecule has 0 fully saturated rings. The van der Waals surface area contributed by atoms with Crippen LogP contribution in [0.1, 0.15) is 33.1 Å². The number of nitrogens with zero attached hydrogens (tertiary/aromatic N) is 1. The van der Waals surface area contributed by atoms with Gasteiger partial charge in [0.1, 0.15) is 5.75 Å². The number of ether oxygens (including phenoxy) is 1. The van der Waals surface area contributed by atoms with Crippen LogP contribution in [0, 0.1) is 6.92 Å². The maximum atomic E-state index is 11.2. The Morgan fingerprint density at radius 1 is 1.29 bits per heavy atom. The molecular formula is C22H24N2O3S. The third-order valence-electron chi connectivity index (χ3n) is 4.72. The number of aldehydes is 1. The first kappa shape index (κ1) is 20.0. The summed E-state index contributed by atoms with van der Waals surface area (Å²) in [5.41, 5.74) is 3.83. The summed E-state index contributed by atoms with van der Waals surface area (Å²) in [6.45, 7) is 3.58. The maximum absolute atomic E-state index is 11.2. The summed E-state index contributed by atoms with van der Waals surface area (Å²) < 4.78 is 5.93. The molecule has 1 aliphatic heterocycles. The quantitative estimate of drug-likeness (QED) is 0.621. The van der Waals surface area contributed by atoms with E-state index in [4.69, 9.17) is 9.84 Å². The second kappa shape index (κ2) is 9.48. The molecule has 4 rings (SSSR count). The third kappa shape index (κ3) is 4.40. The number of hydrogen-bond acceptors (Lipinski definition) is 6. The van der Waals surface area contributed by atoms with Gasteiger partial charge in [0.15, 0.2) is 6.29 Å². The number of nitrogens with one attached hydrogen (secondary N) is 1. The lowest BCUT2D eigenvalue weighted by molar-refractivity contribution is 0.112. The van der Waals surface area contributed by atoms with Crippen LogP contribution in [0.3, 0.4) is 0 Å². The number of carbonyl (C=O) groups is 1. The monoisotopic (exact) mass is 396 g/mol. The minimum Gasteiger partial charge on any atom is -0.493 e. The molecule has 1 atom stereocenters. The molecule has 2 N–H and O–H groups in total. The maximum Gasteiger partial charge on any atom is 0.152 e. The van der Waals surface area contributed by atoms with Crippen molar-refractivity contribution in [2.75, 3.05) is 25.6 Å². The number of aromatic nitrogens is 1. The Labute approximate surface area is 169 Å². The number of benzene rings is 1. The Morgan fingerprint density at radius 2 is 2.14 bits per heavy atom. The number of aliphatic hydroxyl groups is 1. The molecule has 0 radical (unpaired) electrons. The van der Waals surface area contributed by atoms with E-state index in [1.807, 2.05) is 0 Å². The zero-order chi connectivity index (χ0) is 19.9. The Kier molecular flexibility index (Phi) is 6.79. The fourth-order valence-electron chi connectivity index (χ4n) is 3.31. The molecule has 1 aliphatic rings. The summed E-state index contributed by atoms with van der Waals surface area (Å²) in [7, 11) is 1.00. The molecule has 0 bridgehead atoms. The predicted molar refractivity (Wildman–Crippen MR) is 114 cm³/mol. The molecule has 0 aliphatic carbocycles. The van der Waals surface area contributed by atoms with Crippen molar-refractivity contribution in [2.24, 2.45) is 0 Å². The molecule has 1 unspecified atom stereocenters. The van der Waals surface area contributed by atoms with E-state index in [1.54, 1.807) is 29.8 Å². The molecule has 3 heterocycles. The first-order valence-electron chi connectivity index (χ1n) is 9.16. The molecular weight excluding hydrogens is 372 g/mol. The van der Waals surface area contributed by atoms with Crippen molar-refractivity contribution in [3.63, 3.8) is 0 Å². The number of carbonyl (C=O) groups excluding carboxylic acids is 1. The highest BCUT2D eigenvalue weighted by atomic mass is 32.1. The summed E-state index contributed by atoms with van der Waals surface area (Å²) in [4.78, 5) is 17.8. The van der Waals surface area contributed by atoms with Crippen molar-refractivity contribution in [1.82, 2.24) is 4.98 Å². The number of aliphatic hydroxyl groups excluding tert-OH is 1. The predicted octanol–water partition coefficient (Wildman–Crippen LogP) is 4.52. The van der Waals surface area contributed by atoms with Crippen molar-refractivity contribution in [1.29, 1.82) is 0 Å². The standard InChI is InChI=1S/C21H20N2O2S.CH4O/c1-14-2-5-21(26-14)15-3-4-18-16(7-9-25-20(18)10-15)11-23-19-12-22-8-6-17(19)13-24;1-2/h2-6,8,10,12-13,16,23H,7,9,11H2,1H3;2H,1H3. The Morgan fingerprint density at radius 3 is 2.89 bits per heavy atom. The van der Waals surface area contributed by atoms with Gasteiger partial charge in [0.05, 0.1) is 18.5 Å². The van der Waals surface area contributed by atoms with Crippen LogP contribution in [0.15, 0.2) is 48.8 Å². The molecule has 1 aromatic carbocycles. The number of fused-ring (bicyclic) bond motifs is 1. The van der Waals surface area contributed by atoms with E-state index in [-0.39, 0.29) is 0 Å². The number of thiophene rings is 1. The molecule has 3 aromatic rings. The molecule has 146 valence electrons. The lowest BCUT2D eigenvalue weighted by Crippen LogP contribution is -2.21. The van der Waals surface area contributed by atoms with Crippen LogP contribution in [-0.2, 0) is 0 Å². The van der Waals surface area contributed by atoms with Gasteiger partial charge in [0, 0.05) is 41.1 Å². The van der Waals surface area contributed by atoms with Crippen LogP contribution in [0.5, 0.6) is 5.75 Å². The van der Waals surface area contributed by atoms with Crippen molar-refractivity contribution in [2.45, 2.75) is 19.3 Å². The first-order chi connectivity index (χ1) is 13.7. The second-order valence-electron chi connectivity index (χ2n) is 6.46. The minimum atomic E-state index is 0.345. The molecule has 5 nitrogen and oxygen atoms in total. The highest BCUT2D eigenvalue weighted by Crippen LogP contribution is 2.38. The summed E-state index contributed by atoms with van der Waals surface area (Å²) in [5.74, 6) is 1.31. The van der Waals surface area contributed by atoms with Crippen molar-refractivity contribution in [3.05, 3.63) is 64.8 Å². The number of pyridine rings is 1. The highest BCUT2D eigenvalue weighted by molar-refractivity contribution is 7.15. The zero-order valence-corrected chi connectivity index (χ0v) is 16.8. The van der Waals surface area contributed by atoms with Crippen molar-refractivity contribution >= 4 is 23.3 Å². The lowest BCUT2D eigenvalue weighted by atomic mass is 9.91. The number of anilines is 1. The van der Waals surface area contributed by atoms with Crippen LogP contribution in [0.4, 0.5) is 5.69 Å². The third-order valence-corrected chi connectivity index (χ3v) is 5.77. The average molecular weight is 397 g/mol. The van der Waals surface area contributed by atoms with Crippen LogP contribution < -0.4 is 10.1 Å². The normalized spacial score (nSPS) is 14.9. The Bertz CT molecular complexity index is 939. The summed E-state index contributed by atoms with van der Waals surface area (Å²) in [5, 5.41) is 10.4. The zero-order valence-electron chi connectivity index (χ0n) is 16.0. The van der Waals surface area contributed by atoms with Crippen LogP contribution in [0.2, 0.25) is 0 Å². The van der Waals surface area contributed by atoms with E-state index in [0.29, 0.717) is 18.1 Å². The van der Waals surface area contributed by atoms with Gasteiger partial charge in [-0.15, -0.1) is 11.3 Å². The minimum absolute atomic E-state index is 0.345. The van der Waals surface area contributed by atoms with Gasteiger partial charge in [-0.2, -0.15) is 0 Å². The fourth-order valence-corrected chi connectivity index (χ4v) is 4.17. The van der Waals surface area contributed by atoms with Crippen LogP contribution in [-0.4, -0.2) is 36.6 Å². The van der Waals surface area contributed by atoms with E-state index in [9.17, 15) is 4.79 Å². The lowest BCUT2D eigenvalue weighted by Gasteiger charge is -2.27. The summed E-state index contributed by atoms with van der Waals surface area (Å²) >= 11 is 1.80. The van der Waals surface area contributed by atoms with Gasteiger partial charge in [0.25, 0.3) is 0 Å². The molecule has 0 spiro atoms. The Hall–Kier alpha value is -2.70. The van der Waals surface area contributed by atoms with Crippen molar-refractivity contribution < 1.29 is 14.6 Å². The molecule has 0 saturated carbocycles. The molecule has 28 heavy (non-hydrogen) atoms. The Balaban J connectivity index is 0.00000109. The van der Waals surface area contributed by atoms with Gasteiger partial charge in [-0.1, -0.05) is 12.1 Å². The first-order valence-corrected chi connectivity index (χ1v) is 9.97. The molecule has 0 saturated heterocycles. The van der Waals surface area contributed by atoms with Crippen LogP contribution >= 0.6 is 11.3 Å². The number of aryl methyl sites for hydroxylation is 1. The van der Waals surface area contributed by atoms with Gasteiger partial charge in [-0.25, -0.2) is 0 Å². The van der Waals surface area contributed by atoms with Gasteiger partial charge >= 0.3 is 0 Å². The largest absolute Gasteiger partial charge is 0.493 e. The molecule has 0 amide bonds. The van der Waals surface area contributed by atoms with Gasteiger partial charge in [-0.3, -0.25) is 9.78 Å². The van der Waals surface area contributed by atoms with Gasteiger partial charge < -0.3 is 15.2 Å². The highest BCUT2D eigenvalue weighted by Gasteiger charge is 2.22.